The zero-order valence-corrected chi connectivity index (χ0v) is 11.1. The van der Waals surface area contributed by atoms with Crippen LogP contribution in [0.25, 0.3) is 0 Å². The summed E-state index contributed by atoms with van der Waals surface area (Å²) in [6, 6.07) is 3.75. The van der Waals surface area contributed by atoms with E-state index in [1.165, 1.54) is 44.9 Å². The Balaban J connectivity index is 2.56. The van der Waals surface area contributed by atoms with Gasteiger partial charge in [-0.05, 0) is 25.0 Å². The van der Waals surface area contributed by atoms with Crippen LogP contribution < -0.4 is 0 Å². The maximum atomic E-state index is 10.6. The maximum Gasteiger partial charge on any atom is 0.185 e. The predicted molar refractivity (Wildman–Crippen MR) is 70.5 cm³/mol. The van der Waals surface area contributed by atoms with Crippen LogP contribution in [-0.2, 0) is 0 Å². The fourth-order valence-electron chi connectivity index (χ4n) is 2.17. The minimum absolute atomic E-state index is 0.456. The molecule has 0 aliphatic heterocycles. The van der Waals surface area contributed by atoms with E-state index in [2.05, 4.69) is 13.8 Å². The van der Waals surface area contributed by atoms with Crippen LogP contribution in [0.3, 0.4) is 0 Å². The number of rotatable bonds is 9. The molecule has 1 aromatic heterocycles. The highest BCUT2D eigenvalue weighted by atomic mass is 16.3. The Hall–Kier alpha value is -1.05. The van der Waals surface area contributed by atoms with Crippen LogP contribution in [0.4, 0.5) is 0 Å². The Morgan fingerprint density at radius 1 is 1.12 bits per heavy atom. The molecule has 2 heteroatoms. The molecular formula is C15H24O2. The molecule has 1 unspecified atom stereocenters. The van der Waals surface area contributed by atoms with E-state index in [9.17, 15) is 4.79 Å². The van der Waals surface area contributed by atoms with Crippen molar-refractivity contribution in [3.63, 3.8) is 0 Å². The number of furan rings is 1. The quantitative estimate of drug-likeness (QED) is 0.448. The number of hydrogen-bond acceptors (Lipinski definition) is 2. The Kier molecular flexibility index (Phi) is 6.68. The molecule has 0 radical (unpaired) electrons. The van der Waals surface area contributed by atoms with Crippen molar-refractivity contribution >= 4 is 6.29 Å². The minimum atomic E-state index is 0.456. The van der Waals surface area contributed by atoms with Crippen molar-refractivity contribution in [1.29, 1.82) is 0 Å². The zero-order chi connectivity index (χ0) is 12.5. The first-order chi connectivity index (χ1) is 8.31. The van der Waals surface area contributed by atoms with E-state index < -0.39 is 0 Å². The molecule has 0 aromatic carbocycles. The average Bonchev–Trinajstić information content (AvgIpc) is 2.82. The highest BCUT2D eigenvalue weighted by Crippen LogP contribution is 2.29. The lowest BCUT2D eigenvalue weighted by atomic mass is 9.93. The van der Waals surface area contributed by atoms with Crippen LogP contribution in [0, 0.1) is 0 Å². The molecule has 1 heterocycles. The largest absolute Gasteiger partial charge is 0.458 e. The molecule has 1 aromatic rings. The van der Waals surface area contributed by atoms with Gasteiger partial charge in [-0.2, -0.15) is 0 Å². The number of unbranched alkanes of at least 4 members (excludes halogenated alkanes) is 3. The molecule has 0 fully saturated rings. The molecule has 0 aliphatic carbocycles. The van der Waals surface area contributed by atoms with Crippen molar-refractivity contribution in [2.24, 2.45) is 0 Å². The van der Waals surface area contributed by atoms with Crippen LogP contribution in [0.15, 0.2) is 16.5 Å². The lowest BCUT2D eigenvalue weighted by molar-refractivity contribution is 0.109. The second kappa shape index (κ2) is 8.10. The second-order valence-corrected chi connectivity index (χ2v) is 4.69. The molecule has 0 saturated heterocycles. The van der Waals surface area contributed by atoms with Gasteiger partial charge in [-0.25, -0.2) is 0 Å². The molecule has 1 rings (SSSR count). The number of hydrogen-bond donors (Lipinski definition) is 0. The maximum absolute atomic E-state index is 10.6. The van der Waals surface area contributed by atoms with Gasteiger partial charge >= 0.3 is 0 Å². The first kappa shape index (κ1) is 14.0. The predicted octanol–water partition coefficient (Wildman–Crippen LogP) is 4.95. The lowest BCUT2D eigenvalue weighted by Gasteiger charge is -2.13. The third-order valence-corrected chi connectivity index (χ3v) is 3.23. The van der Waals surface area contributed by atoms with Crippen LogP contribution in [0.2, 0.25) is 0 Å². The summed E-state index contributed by atoms with van der Waals surface area (Å²) in [5.41, 5.74) is 0. The Labute approximate surface area is 104 Å². The monoisotopic (exact) mass is 236 g/mol. The fourth-order valence-corrected chi connectivity index (χ4v) is 2.17. The van der Waals surface area contributed by atoms with Gasteiger partial charge in [0.05, 0.1) is 0 Å². The molecule has 1 atom stereocenters. The van der Waals surface area contributed by atoms with Gasteiger partial charge in [-0.3, -0.25) is 4.79 Å². The Bertz CT molecular complexity index is 314. The Morgan fingerprint density at radius 2 is 1.82 bits per heavy atom. The van der Waals surface area contributed by atoms with E-state index in [1.807, 2.05) is 6.07 Å². The van der Waals surface area contributed by atoms with Crippen LogP contribution in [-0.4, -0.2) is 6.29 Å². The van der Waals surface area contributed by atoms with Gasteiger partial charge in [0.25, 0.3) is 0 Å². The smallest absolute Gasteiger partial charge is 0.185 e. The summed E-state index contributed by atoms with van der Waals surface area (Å²) in [7, 11) is 0. The summed E-state index contributed by atoms with van der Waals surface area (Å²) >= 11 is 0. The van der Waals surface area contributed by atoms with E-state index in [0.29, 0.717) is 11.7 Å². The van der Waals surface area contributed by atoms with Crippen molar-refractivity contribution in [3.05, 3.63) is 23.7 Å². The molecule has 17 heavy (non-hydrogen) atoms. The van der Waals surface area contributed by atoms with Crippen molar-refractivity contribution in [1.82, 2.24) is 0 Å². The van der Waals surface area contributed by atoms with Crippen molar-refractivity contribution < 1.29 is 9.21 Å². The molecule has 0 spiro atoms. The van der Waals surface area contributed by atoms with E-state index in [-0.39, 0.29) is 0 Å². The van der Waals surface area contributed by atoms with Crippen LogP contribution in [0.1, 0.15) is 81.0 Å². The highest BCUT2D eigenvalue weighted by molar-refractivity contribution is 5.70. The van der Waals surface area contributed by atoms with Gasteiger partial charge in [0, 0.05) is 5.92 Å². The van der Waals surface area contributed by atoms with E-state index in [4.69, 9.17) is 4.42 Å². The van der Waals surface area contributed by atoms with E-state index >= 15 is 0 Å². The summed E-state index contributed by atoms with van der Waals surface area (Å²) in [5.74, 6) is 1.95. The van der Waals surface area contributed by atoms with Crippen molar-refractivity contribution in [2.45, 2.75) is 64.7 Å². The SMILES string of the molecule is CCCCCC(CCCC)c1ccc(C=O)o1. The highest BCUT2D eigenvalue weighted by Gasteiger charge is 2.14. The molecule has 96 valence electrons. The number of aldehydes is 1. The molecular weight excluding hydrogens is 212 g/mol. The van der Waals surface area contributed by atoms with Gasteiger partial charge in [0.15, 0.2) is 12.0 Å². The fraction of sp³-hybridized carbons (Fsp3) is 0.667. The summed E-state index contributed by atoms with van der Waals surface area (Å²) in [6.45, 7) is 4.43. The van der Waals surface area contributed by atoms with Crippen LogP contribution >= 0.6 is 0 Å². The van der Waals surface area contributed by atoms with Gasteiger partial charge in [-0.15, -0.1) is 0 Å². The summed E-state index contributed by atoms with van der Waals surface area (Å²) < 4.78 is 5.55. The third-order valence-electron chi connectivity index (χ3n) is 3.23. The number of carbonyl (C=O) groups excluding carboxylic acids is 1. The third kappa shape index (κ3) is 4.76. The van der Waals surface area contributed by atoms with E-state index in [0.717, 1.165) is 12.0 Å². The molecule has 0 saturated carbocycles. The molecule has 0 N–H and O–H groups in total. The van der Waals surface area contributed by atoms with Crippen LogP contribution in [0.5, 0.6) is 0 Å². The normalized spacial score (nSPS) is 12.6. The first-order valence-corrected chi connectivity index (χ1v) is 6.86. The van der Waals surface area contributed by atoms with Gasteiger partial charge < -0.3 is 4.42 Å². The second-order valence-electron chi connectivity index (χ2n) is 4.69. The summed E-state index contributed by atoms with van der Waals surface area (Å²) in [6.07, 6.45) is 9.36. The molecule has 0 amide bonds. The number of carbonyl (C=O) groups is 1. The molecule has 2 nitrogen and oxygen atoms in total. The first-order valence-electron chi connectivity index (χ1n) is 6.86. The molecule has 0 bridgehead atoms. The molecule has 0 aliphatic rings. The van der Waals surface area contributed by atoms with Crippen molar-refractivity contribution in [2.75, 3.05) is 0 Å². The van der Waals surface area contributed by atoms with Gasteiger partial charge in [0.1, 0.15) is 5.76 Å². The Morgan fingerprint density at radius 3 is 2.41 bits per heavy atom. The standard InChI is InChI=1S/C15H24O2/c1-3-5-7-9-13(8-6-4-2)15-11-10-14(12-16)17-15/h10-13H,3-9H2,1-2H3. The summed E-state index contributed by atoms with van der Waals surface area (Å²) in [5, 5.41) is 0. The lowest BCUT2D eigenvalue weighted by Crippen LogP contribution is -1.98. The zero-order valence-electron chi connectivity index (χ0n) is 11.1. The summed E-state index contributed by atoms with van der Waals surface area (Å²) in [4.78, 5) is 10.6. The van der Waals surface area contributed by atoms with Gasteiger partial charge in [-0.1, -0.05) is 46.0 Å². The van der Waals surface area contributed by atoms with E-state index in [1.54, 1.807) is 6.07 Å². The minimum Gasteiger partial charge on any atom is -0.458 e. The topological polar surface area (TPSA) is 30.2 Å². The average molecular weight is 236 g/mol. The van der Waals surface area contributed by atoms with Crippen molar-refractivity contribution in [3.8, 4) is 0 Å². The van der Waals surface area contributed by atoms with Gasteiger partial charge in [0.2, 0.25) is 0 Å².